The van der Waals surface area contributed by atoms with Crippen molar-refractivity contribution >= 4 is 51.7 Å². The second-order valence-corrected chi connectivity index (χ2v) is 9.95. The minimum absolute atomic E-state index is 0.0370. The van der Waals surface area contributed by atoms with E-state index < -0.39 is 0 Å². The number of aromatic nitrogens is 4. The molecule has 4 aromatic rings. The Morgan fingerprint density at radius 2 is 2.03 bits per heavy atom. The number of fused-ring (bicyclic) bond motifs is 3. The maximum absolute atomic E-state index is 13.2. The number of anilines is 2. The Labute approximate surface area is 215 Å². The Morgan fingerprint density at radius 3 is 2.81 bits per heavy atom. The number of amides is 1. The zero-order valence-corrected chi connectivity index (χ0v) is 20.6. The average Bonchev–Trinajstić information content (AvgIpc) is 3.54. The monoisotopic (exact) mass is 525 g/mol. The highest BCUT2D eigenvalue weighted by atomic mass is 35.5. The SMILES string of the molecule is Cn1nc(-c2ccc(C(=O)NC3C4CCC3N(c3ncc(Cl)c5c(N)noc35)C4)c(Cl)c2)ccc1=O. The van der Waals surface area contributed by atoms with E-state index in [2.05, 4.69) is 25.5 Å². The Bertz CT molecular complexity index is 1580. The van der Waals surface area contributed by atoms with Gasteiger partial charge in [-0.15, -0.1) is 0 Å². The summed E-state index contributed by atoms with van der Waals surface area (Å²) in [7, 11) is 1.58. The van der Waals surface area contributed by atoms with E-state index in [1.165, 1.54) is 10.7 Å². The molecule has 3 N–H and O–H groups in total. The van der Waals surface area contributed by atoms with Gasteiger partial charge in [-0.25, -0.2) is 9.67 Å². The van der Waals surface area contributed by atoms with Crippen molar-refractivity contribution in [3.63, 3.8) is 0 Å². The molecular formula is C24H21Cl2N7O3. The van der Waals surface area contributed by atoms with Gasteiger partial charge in [0.1, 0.15) is 0 Å². The lowest BCUT2D eigenvalue weighted by molar-refractivity contribution is 0.0932. The highest BCUT2D eigenvalue weighted by molar-refractivity contribution is 6.36. The first-order chi connectivity index (χ1) is 17.3. The molecule has 1 amide bonds. The van der Waals surface area contributed by atoms with Gasteiger partial charge in [0, 0.05) is 31.4 Å². The van der Waals surface area contributed by atoms with Crippen LogP contribution < -0.4 is 21.5 Å². The molecular weight excluding hydrogens is 505 g/mol. The first-order valence-corrected chi connectivity index (χ1v) is 12.2. The molecule has 1 saturated heterocycles. The molecule has 12 heteroatoms. The van der Waals surface area contributed by atoms with E-state index in [1.54, 1.807) is 37.5 Å². The van der Waals surface area contributed by atoms with Crippen LogP contribution in [0.1, 0.15) is 23.2 Å². The van der Waals surface area contributed by atoms with Gasteiger partial charge >= 0.3 is 0 Å². The molecule has 1 aliphatic carbocycles. The van der Waals surface area contributed by atoms with Crippen LogP contribution in [0, 0.1) is 5.92 Å². The largest absolute Gasteiger partial charge is 0.380 e. The summed E-state index contributed by atoms with van der Waals surface area (Å²) < 4.78 is 6.70. The number of nitrogens with one attached hydrogen (secondary N) is 1. The van der Waals surface area contributed by atoms with Crippen molar-refractivity contribution in [3.05, 3.63) is 62.5 Å². The number of hydrogen-bond donors (Lipinski definition) is 2. The lowest BCUT2D eigenvalue weighted by Gasteiger charge is -2.28. The van der Waals surface area contributed by atoms with Crippen molar-refractivity contribution in [2.45, 2.75) is 24.9 Å². The van der Waals surface area contributed by atoms with E-state index in [0.29, 0.717) is 50.2 Å². The third kappa shape index (κ3) is 3.59. The minimum atomic E-state index is -0.248. The molecule has 6 rings (SSSR count). The first kappa shape index (κ1) is 22.8. The third-order valence-electron chi connectivity index (χ3n) is 7.09. The fourth-order valence-corrected chi connectivity index (χ4v) is 5.83. The van der Waals surface area contributed by atoms with Gasteiger partial charge in [-0.1, -0.05) is 34.4 Å². The van der Waals surface area contributed by atoms with Gasteiger partial charge in [0.25, 0.3) is 11.5 Å². The second kappa shape index (κ2) is 8.49. The molecule has 2 aliphatic rings. The molecule has 2 fully saturated rings. The van der Waals surface area contributed by atoms with Crippen LogP contribution in [-0.4, -0.2) is 44.5 Å². The summed E-state index contributed by atoms with van der Waals surface area (Å²) >= 11 is 12.8. The summed E-state index contributed by atoms with van der Waals surface area (Å²) in [5.41, 5.74) is 7.84. The summed E-state index contributed by atoms with van der Waals surface area (Å²) in [5, 5.41) is 12.5. The minimum Gasteiger partial charge on any atom is -0.380 e. The fourth-order valence-electron chi connectivity index (χ4n) is 5.33. The quantitative estimate of drug-likeness (QED) is 0.414. The number of hydrogen-bond acceptors (Lipinski definition) is 8. The predicted molar refractivity (Wildman–Crippen MR) is 136 cm³/mol. The maximum atomic E-state index is 13.2. The van der Waals surface area contributed by atoms with E-state index in [9.17, 15) is 9.59 Å². The van der Waals surface area contributed by atoms with Crippen LogP contribution in [0.25, 0.3) is 22.2 Å². The number of nitrogen functional groups attached to an aromatic ring is 1. The number of benzene rings is 1. The molecule has 184 valence electrons. The van der Waals surface area contributed by atoms with Gasteiger partial charge in [-0.05, 0) is 37.0 Å². The molecule has 3 aromatic heterocycles. The molecule has 36 heavy (non-hydrogen) atoms. The Morgan fingerprint density at radius 1 is 1.19 bits per heavy atom. The van der Waals surface area contributed by atoms with E-state index in [0.717, 1.165) is 12.8 Å². The standard InChI is InChI=1S/C24H21Cl2N7O3/c1-32-18(34)7-5-16(30-32)11-2-4-13(14(25)8-11)24(35)29-20-12-3-6-17(20)33(10-12)23-21-19(15(26)9-28-23)22(27)31-36-21/h2,4-5,7-9,12,17,20H,3,6,10H2,1H3,(H2,27,31)(H,29,35). The van der Waals surface area contributed by atoms with Crippen molar-refractivity contribution in [1.29, 1.82) is 0 Å². The number of halogens is 2. The van der Waals surface area contributed by atoms with Crippen molar-refractivity contribution in [3.8, 4) is 11.3 Å². The summed E-state index contributed by atoms with van der Waals surface area (Å²) in [6.45, 7) is 0.713. The molecule has 3 unspecified atom stereocenters. The summed E-state index contributed by atoms with van der Waals surface area (Å²) in [5.74, 6) is 0.845. The maximum Gasteiger partial charge on any atom is 0.266 e. The van der Waals surface area contributed by atoms with Crippen LogP contribution in [0.4, 0.5) is 11.6 Å². The molecule has 0 radical (unpaired) electrons. The zero-order chi connectivity index (χ0) is 25.1. The van der Waals surface area contributed by atoms with Crippen LogP contribution in [0.15, 0.2) is 45.8 Å². The van der Waals surface area contributed by atoms with Crippen LogP contribution in [-0.2, 0) is 7.05 Å². The lowest BCUT2D eigenvalue weighted by Crippen LogP contribution is -2.44. The van der Waals surface area contributed by atoms with E-state index in [1.807, 2.05) is 0 Å². The van der Waals surface area contributed by atoms with Crippen molar-refractivity contribution in [1.82, 2.24) is 25.2 Å². The van der Waals surface area contributed by atoms with Gasteiger partial charge in [0.2, 0.25) is 5.58 Å². The molecule has 4 heterocycles. The van der Waals surface area contributed by atoms with Crippen molar-refractivity contribution < 1.29 is 9.32 Å². The number of aryl methyl sites for hydroxylation is 1. The van der Waals surface area contributed by atoms with Gasteiger partial charge in [-0.2, -0.15) is 5.10 Å². The molecule has 1 saturated carbocycles. The van der Waals surface area contributed by atoms with Crippen LogP contribution in [0.3, 0.4) is 0 Å². The van der Waals surface area contributed by atoms with Gasteiger partial charge in [0.15, 0.2) is 11.6 Å². The number of nitrogens with zero attached hydrogens (tertiary/aromatic N) is 5. The topological polar surface area (TPSA) is 132 Å². The zero-order valence-electron chi connectivity index (χ0n) is 19.1. The molecule has 2 bridgehead atoms. The number of carbonyl (C=O) groups excluding carboxylic acids is 1. The van der Waals surface area contributed by atoms with Crippen LogP contribution in [0.2, 0.25) is 10.0 Å². The van der Waals surface area contributed by atoms with Crippen LogP contribution in [0.5, 0.6) is 0 Å². The number of carbonyl (C=O) groups is 1. The fraction of sp³-hybridized carbons (Fsp3) is 0.292. The molecule has 10 nitrogen and oxygen atoms in total. The summed E-state index contributed by atoms with van der Waals surface area (Å²) in [6.07, 6.45) is 3.44. The van der Waals surface area contributed by atoms with Gasteiger partial charge in [-0.3, -0.25) is 9.59 Å². The summed E-state index contributed by atoms with van der Waals surface area (Å²) in [6, 6.07) is 8.15. The number of pyridine rings is 1. The first-order valence-electron chi connectivity index (χ1n) is 11.4. The number of rotatable bonds is 4. The van der Waals surface area contributed by atoms with E-state index in [-0.39, 0.29) is 35.3 Å². The van der Waals surface area contributed by atoms with Gasteiger partial charge in [0.05, 0.1) is 38.8 Å². The Balaban J connectivity index is 1.24. The average molecular weight is 526 g/mol. The van der Waals surface area contributed by atoms with Crippen molar-refractivity contribution in [2.75, 3.05) is 17.2 Å². The number of nitrogens with two attached hydrogens (primary N) is 1. The second-order valence-electron chi connectivity index (χ2n) is 9.13. The Kier molecular flexibility index (Phi) is 5.38. The molecule has 1 aromatic carbocycles. The van der Waals surface area contributed by atoms with Gasteiger partial charge < -0.3 is 20.5 Å². The van der Waals surface area contributed by atoms with Crippen molar-refractivity contribution in [2.24, 2.45) is 13.0 Å². The Hall–Kier alpha value is -3.63. The van der Waals surface area contributed by atoms with E-state index in [4.69, 9.17) is 33.5 Å². The highest BCUT2D eigenvalue weighted by Gasteiger charge is 2.49. The van der Waals surface area contributed by atoms with Crippen LogP contribution >= 0.6 is 23.2 Å². The predicted octanol–water partition coefficient (Wildman–Crippen LogP) is 3.27. The smallest absolute Gasteiger partial charge is 0.266 e. The normalized spacial score (nSPS) is 20.9. The molecule has 3 atom stereocenters. The third-order valence-corrected chi connectivity index (χ3v) is 7.69. The number of piperidine rings is 1. The highest BCUT2D eigenvalue weighted by Crippen LogP contribution is 2.43. The molecule has 1 aliphatic heterocycles. The lowest BCUT2D eigenvalue weighted by atomic mass is 10.0. The molecule has 0 spiro atoms. The van der Waals surface area contributed by atoms with E-state index >= 15 is 0 Å². The summed E-state index contributed by atoms with van der Waals surface area (Å²) in [4.78, 5) is 31.5.